The number of ether oxygens (including phenoxy) is 1. The second-order valence-corrected chi connectivity index (χ2v) is 15.5. The Morgan fingerprint density at radius 3 is 1.19 bits per heavy atom. The van der Waals surface area contributed by atoms with Crippen LogP contribution in [-0.2, 0) is 14.3 Å². The minimum atomic E-state index is -0.737. The standard InChI is InChI=1S/C42H83NO4/c1-5-7-9-11-13-15-17-19-21-23-25-27-29-31-33-37-42(46)47-40(39-43(3,4)38-34-36-41(44)45)35-32-30-28-26-24-22-20-18-16-14-12-10-8-6-2/h40H,5-39H2,1-4H3/p+1. The van der Waals surface area contributed by atoms with Gasteiger partial charge in [0.05, 0.1) is 27.1 Å². The third kappa shape index (κ3) is 36.0. The number of rotatable bonds is 38. The molecule has 0 aromatic carbocycles. The molecule has 0 fully saturated rings. The van der Waals surface area contributed by atoms with Crippen LogP contribution in [0.25, 0.3) is 0 Å². The molecule has 0 bridgehead atoms. The van der Waals surface area contributed by atoms with Gasteiger partial charge in [0.2, 0.25) is 0 Å². The average molecular weight is 667 g/mol. The first-order valence-corrected chi connectivity index (χ1v) is 21.0. The fourth-order valence-electron chi connectivity index (χ4n) is 6.94. The van der Waals surface area contributed by atoms with Crippen molar-refractivity contribution in [3.8, 4) is 0 Å². The molecular weight excluding hydrogens is 582 g/mol. The molecule has 0 aromatic rings. The number of likely N-dealkylation sites (N-methyl/N-ethyl adjacent to an activating group) is 1. The number of carbonyl (C=O) groups excluding carboxylic acids is 1. The SMILES string of the molecule is CCCCCCCCCCCCCCCCCC(=O)OC(CCCCCCCCCCCCCCCC)C[N+](C)(C)CCCC(=O)O. The molecule has 1 N–H and O–H groups in total. The van der Waals surface area contributed by atoms with Crippen molar-refractivity contribution in [1.29, 1.82) is 0 Å². The molecule has 0 saturated heterocycles. The van der Waals surface area contributed by atoms with Crippen molar-refractivity contribution in [2.24, 2.45) is 0 Å². The van der Waals surface area contributed by atoms with E-state index in [4.69, 9.17) is 9.84 Å². The number of unbranched alkanes of at least 4 members (excludes halogenated alkanes) is 27. The van der Waals surface area contributed by atoms with Gasteiger partial charge in [0, 0.05) is 12.8 Å². The summed E-state index contributed by atoms with van der Waals surface area (Å²) in [6.45, 7) is 6.12. The largest absolute Gasteiger partial charge is 0.481 e. The van der Waals surface area contributed by atoms with Gasteiger partial charge in [-0.3, -0.25) is 9.59 Å². The molecule has 0 aromatic heterocycles. The fourth-order valence-corrected chi connectivity index (χ4v) is 6.94. The van der Waals surface area contributed by atoms with Gasteiger partial charge in [-0.15, -0.1) is 0 Å². The highest BCUT2D eigenvalue weighted by atomic mass is 16.5. The monoisotopic (exact) mass is 667 g/mol. The third-order valence-corrected chi connectivity index (χ3v) is 10.0. The van der Waals surface area contributed by atoms with Crippen molar-refractivity contribution in [3.63, 3.8) is 0 Å². The number of carbonyl (C=O) groups is 2. The Labute approximate surface area is 294 Å². The topological polar surface area (TPSA) is 63.6 Å². The first-order valence-electron chi connectivity index (χ1n) is 21.0. The van der Waals surface area contributed by atoms with Gasteiger partial charge in [0.15, 0.2) is 6.10 Å². The van der Waals surface area contributed by atoms with E-state index in [0.717, 1.165) is 38.8 Å². The lowest BCUT2D eigenvalue weighted by Crippen LogP contribution is -2.47. The molecule has 0 aliphatic rings. The molecular formula is C42H84NO4+. The molecule has 0 heterocycles. The number of esters is 1. The summed E-state index contributed by atoms with van der Waals surface area (Å²) in [6.07, 6.45) is 40.9. The van der Waals surface area contributed by atoms with Crippen molar-refractivity contribution in [1.82, 2.24) is 0 Å². The van der Waals surface area contributed by atoms with Crippen molar-refractivity contribution in [3.05, 3.63) is 0 Å². The summed E-state index contributed by atoms with van der Waals surface area (Å²) in [7, 11) is 4.28. The summed E-state index contributed by atoms with van der Waals surface area (Å²) >= 11 is 0. The van der Waals surface area contributed by atoms with Crippen LogP contribution >= 0.6 is 0 Å². The second kappa shape index (κ2) is 34.8. The lowest BCUT2D eigenvalue weighted by atomic mass is 10.0. The maximum absolute atomic E-state index is 12.8. The van der Waals surface area contributed by atoms with Gasteiger partial charge >= 0.3 is 11.9 Å². The first kappa shape index (κ1) is 45.9. The smallest absolute Gasteiger partial charge is 0.306 e. The molecule has 0 amide bonds. The highest BCUT2D eigenvalue weighted by Crippen LogP contribution is 2.18. The molecule has 47 heavy (non-hydrogen) atoms. The predicted octanol–water partition coefficient (Wildman–Crippen LogP) is 13.0. The summed E-state index contributed by atoms with van der Waals surface area (Å²) in [5.41, 5.74) is 0. The molecule has 0 radical (unpaired) electrons. The maximum Gasteiger partial charge on any atom is 0.306 e. The zero-order chi connectivity index (χ0) is 34.7. The number of hydrogen-bond acceptors (Lipinski definition) is 3. The number of nitrogens with zero attached hydrogens (tertiary/aromatic N) is 1. The summed E-state index contributed by atoms with van der Waals surface area (Å²) in [5.74, 6) is -0.778. The van der Waals surface area contributed by atoms with Crippen LogP contribution in [0, 0.1) is 0 Å². The average Bonchev–Trinajstić information content (AvgIpc) is 3.02. The Balaban J connectivity index is 4.13. The lowest BCUT2D eigenvalue weighted by Gasteiger charge is -2.33. The van der Waals surface area contributed by atoms with Crippen LogP contribution in [0.4, 0.5) is 0 Å². The Bertz CT molecular complexity index is 680. The van der Waals surface area contributed by atoms with E-state index in [1.807, 2.05) is 0 Å². The van der Waals surface area contributed by atoms with Crippen LogP contribution in [0.3, 0.4) is 0 Å². The molecule has 0 saturated carbocycles. The highest BCUT2D eigenvalue weighted by Gasteiger charge is 2.25. The van der Waals surface area contributed by atoms with E-state index in [-0.39, 0.29) is 18.5 Å². The Morgan fingerprint density at radius 1 is 0.489 bits per heavy atom. The number of quaternary nitrogens is 1. The van der Waals surface area contributed by atoms with Crippen molar-refractivity contribution in [2.75, 3.05) is 27.2 Å². The van der Waals surface area contributed by atoms with Crippen LogP contribution in [0.15, 0.2) is 0 Å². The van der Waals surface area contributed by atoms with E-state index in [9.17, 15) is 9.59 Å². The molecule has 0 spiro atoms. The van der Waals surface area contributed by atoms with Crippen molar-refractivity contribution in [2.45, 2.75) is 232 Å². The third-order valence-electron chi connectivity index (χ3n) is 10.0. The second-order valence-electron chi connectivity index (χ2n) is 15.5. The molecule has 1 unspecified atom stereocenters. The number of hydrogen-bond donors (Lipinski definition) is 1. The number of aliphatic carboxylic acids is 1. The summed E-state index contributed by atoms with van der Waals surface area (Å²) < 4.78 is 6.77. The van der Waals surface area contributed by atoms with Gasteiger partial charge in [0.1, 0.15) is 6.54 Å². The molecule has 1 atom stereocenters. The Kier molecular flexibility index (Phi) is 33.9. The van der Waals surface area contributed by atoms with Gasteiger partial charge in [0.25, 0.3) is 0 Å². The zero-order valence-corrected chi connectivity index (χ0v) is 32.4. The van der Waals surface area contributed by atoms with Crippen molar-refractivity contribution >= 4 is 11.9 Å². The van der Waals surface area contributed by atoms with E-state index in [1.165, 1.54) is 167 Å². The van der Waals surface area contributed by atoms with Gasteiger partial charge in [-0.25, -0.2) is 0 Å². The van der Waals surface area contributed by atoms with E-state index in [1.54, 1.807) is 0 Å². The van der Waals surface area contributed by atoms with Crippen LogP contribution < -0.4 is 0 Å². The lowest BCUT2D eigenvalue weighted by molar-refractivity contribution is -0.893. The summed E-state index contributed by atoms with van der Waals surface area (Å²) in [4.78, 5) is 23.8. The zero-order valence-electron chi connectivity index (χ0n) is 32.4. The van der Waals surface area contributed by atoms with Gasteiger partial charge in [-0.1, -0.05) is 187 Å². The number of carboxylic acid groups (broad SMARTS) is 1. The van der Waals surface area contributed by atoms with E-state index >= 15 is 0 Å². The van der Waals surface area contributed by atoms with E-state index in [2.05, 4.69) is 27.9 Å². The quantitative estimate of drug-likeness (QED) is 0.0405. The predicted molar refractivity (Wildman–Crippen MR) is 203 cm³/mol. The van der Waals surface area contributed by atoms with Crippen LogP contribution in [-0.4, -0.2) is 54.8 Å². The molecule has 0 aliphatic carbocycles. The van der Waals surface area contributed by atoms with E-state index < -0.39 is 5.97 Å². The fraction of sp³-hybridized carbons (Fsp3) is 0.952. The summed E-state index contributed by atoms with van der Waals surface area (Å²) in [6, 6.07) is 0. The van der Waals surface area contributed by atoms with Gasteiger partial charge < -0.3 is 14.3 Å². The molecule has 5 nitrogen and oxygen atoms in total. The normalized spacial score (nSPS) is 12.4. The van der Waals surface area contributed by atoms with Crippen molar-refractivity contribution < 1.29 is 23.9 Å². The van der Waals surface area contributed by atoms with E-state index in [0.29, 0.717) is 17.3 Å². The molecule has 280 valence electrons. The summed E-state index contributed by atoms with van der Waals surface area (Å²) in [5, 5.41) is 9.06. The maximum atomic E-state index is 12.8. The number of carboxylic acids is 1. The first-order chi connectivity index (χ1) is 22.8. The molecule has 0 aliphatic heterocycles. The minimum Gasteiger partial charge on any atom is -0.481 e. The highest BCUT2D eigenvalue weighted by molar-refractivity contribution is 5.69. The minimum absolute atomic E-state index is 0.0411. The Hall–Kier alpha value is -1.10. The Morgan fingerprint density at radius 2 is 0.830 bits per heavy atom. The van der Waals surface area contributed by atoms with Crippen LogP contribution in [0.1, 0.15) is 226 Å². The van der Waals surface area contributed by atoms with Gasteiger partial charge in [-0.2, -0.15) is 0 Å². The van der Waals surface area contributed by atoms with Gasteiger partial charge in [-0.05, 0) is 19.3 Å². The molecule has 0 rings (SSSR count). The van der Waals surface area contributed by atoms with Crippen LogP contribution in [0.2, 0.25) is 0 Å². The molecule has 5 heteroatoms. The van der Waals surface area contributed by atoms with Crippen LogP contribution in [0.5, 0.6) is 0 Å².